The predicted octanol–water partition coefficient (Wildman–Crippen LogP) is 2.37. The first-order valence-electron chi connectivity index (χ1n) is 7.37. The summed E-state index contributed by atoms with van der Waals surface area (Å²) in [4.78, 5) is 2.37. The number of aliphatic hydroxyl groups excluding tert-OH is 1. The van der Waals surface area contributed by atoms with Gasteiger partial charge in [0.2, 0.25) is 0 Å². The van der Waals surface area contributed by atoms with Crippen molar-refractivity contribution in [1.29, 1.82) is 0 Å². The Kier molecular flexibility index (Phi) is 3.87. The average molecular weight is 261 g/mol. The summed E-state index contributed by atoms with van der Waals surface area (Å²) in [5.74, 6) is 0. The Hall–Kier alpha value is -0.900. The van der Waals surface area contributed by atoms with E-state index in [4.69, 9.17) is 4.74 Å². The Bertz CT molecular complexity index is 400. The van der Waals surface area contributed by atoms with Crippen LogP contribution in [0.2, 0.25) is 0 Å². The van der Waals surface area contributed by atoms with Crippen molar-refractivity contribution in [2.24, 2.45) is 0 Å². The highest BCUT2D eigenvalue weighted by molar-refractivity contribution is 5.17. The van der Waals surface area contributed by atoms with Gasteiger partial charge in [0.1, 0.15) is 0 Å². The fourth-order valence-corrected chi connectivity index (χ4v) is 3.43. The molecule has 1 spiro atoms. The third-order valence-electron chi connectivity index (χ3n) is 4.46. The maximum atomic E-state index is 10.3. The molecule has 1 N–H and O–H groups in total. The number of benzene rings is 1. The quantitative estimate of drug-likeness (QED) is 0.906. The Morgan fingerprint density at radius 1 is 1.21 bits per heavy atom. The van der Waals surface area contributed by atoms with Gasteiger partial charge in [-0.25, -0.2) is 0 Å². The molecule has 3 heteroatoms. The van der Waals surface area contributed by atoms with Crippen molar-refractivity contribution in [2.45, 2.75) is 37.4 Å². The molecule has 1 aromatic rings. The molecule has 1 aromatic carbocycles. The van der Waals surface area contributed by atoms with Gasteiger partial charge >= 0.3 is 0 Å². The molecule has 1 unspecified atom stereocenters. The summed E-state index contributed by atoms with van der Waals surface area (Å²) < 4.78 is 6.02. The van der Waals surface area contributed by atoms with Crippen LogP contribution in [0.3, 0.4) is 0 Å². The molecule has 104 valence electrons. The molecule has 1 saturated heterocycles. The Balaban J connectivity index is 1.60. The second kappa shape index (κ2) is 5.61. The van der Waals surface area contributed by atoms with E-state index < -0.39 is 6.10 Å². The van der Waals surface area contributed by atoms with Crippen LogP contribution < -0.4 is 0 Å². The van der Waals surface area contributed by atoms with Gasteiger partial charge < -0.3 is 9.84 Å². The van der Waals surface area contributed by atoms with Gasteiger partial charge in [0.05, 0.1) is 18.3 Å². The minimum atomic E-state index is -0.391. The second-order valence-electron chi connectivity index (χ2n) is 5.90. The van der Waals surface area contributed by atoms with Crippen molar-refractivity contribution in [2.75, 3.05) is 26.2 Å². The number of hydrogen-bond donors (Lipinski definition) is 1. The van der Waals surface area contributed by atoms with E-state index >= 15 is 0 Å². The number of ether oxygens (including phenoxy) is 1. The molecule has 2 aliphatic rings. The minimum Gasteiger partial charge on any atom is -0.387 e. The Morgan fingerprint density at radius 3 is 2.68 bits per heavy atom. The van der Waals surface area contributed by atoms with Crippen molar-refractivity contribution in [3.8, 4) is 0 Å². The number of nitrogens with zero attached hydrogens (tertiary/aromatic N) is 1. The van der Waals surface area contributed by atoms with E-state index in [2.05, 4.69) is 4.90 Å². The molecule has 1 saturated carbocycles. The van der Waals surface area contributed by atoms with E-state index in [-0.39, 0.29) is 5.60 Å². The van der Waals surface area contributed by atoms with Crippen molar-refractivity contribution >= 4 is 0 Å². The van der Waals surface area contributed by atoms with E-state index in [9.17, 15) is 5.11 Å². The number of rotatable bonds is 3. The van der Waals surface area contributed by atoms with Crippen molar-refractivity contribution < 1.29 is 9.84 Å². The molecule has 0 aromatic heterocycles. The van der Waals surface area contributed by atoms with Crippen LogP contribution in [0.25, 0.3) is 0 Å². The van der Waals surface area contributed by atoms with Crippen LogP contribution in [0.15, 0.2) is 30.3 Å². The number of morpholine rings is 1. The predicted molar refractivity (Wildman–Crippen MR) is 75.0 cm³/mol. The maximum absolute atomic E-state index is 10.3. The third kappa shape index (κ3) is 2.99. The van der Waals surface area contributed by atoms with Crippen LogP contribution in [0.5, 0.6) is 0 Å². The molecule has 1 heterocycles. The van der Waals surface area contributed by atoms with E-state index in [1.165, 1.54) is 25.7 Å². The van der Waals surface area contributed by atoms with Crippen LogP contribution in [-0.4, -0.2) is 41.8 Å². The van der Waals surface area contributed by atoms with E-state index in [1.807, 2.05) is 30.3 Å². The highest BCUT2D eigenvalue weighted by Gasteiger charge is 2.39. The summed E-state index contributed by atoms with van der Waals surface area (Å²) in [7, 11) is 0. The summed E-state index contributed by atoms with van der Waals surface area (Å²) >= 11 is 0. The van der Waals surface area contributed by atoms with Crippen LogP contribution in [0, 0.1) is 0 Å². The first kappa shape index (κ1) is 13.1. The van der Waals surface area contributed by atoms with Gasteiger partial charge in [-0.05, 0) is 18.4 Å². The monoisotopic (exact) mass is 261 g/mol. The first-order chi connectivity index (χ1) is 9.27. The van der Waals surface area contributed by atoms with Gasteiger partial charge in [-0.3, -0.25) is 4.90 Å². The molecular formula is C16H23NO2. The molecule has 0 bridgehead atoms. The lowest BCUT2D eigenvalue weighted by Gasteiger charge is -2.41. The first-order valence-corrected chi connectivity index (χ1v) is 7.37. The normalized spacial score (nSPS) is 24.7. The number of hydrogen-bond acceptors (Lipinski definition) is 3. The number of aliphatic hydroxyl groups is 1. The zero-order valence-electron chi connectivity index (χ0n) is 11.4. The lowest BCUT2D eigenvalue weighted by molar-refractivity contribution is -0.111. The fourth-order valence-electron chi connectivity index (χ4n) is 3.43. The van der Waals surface area contributed by atoms with Crippen LogP contribution >= 0.6 is 0 Å². The van der Waals surface area contributed by atoms with Gasteiger partial charge in [0, 0.05) is 19.6 Å². The van der Waals surface area contributed by atoms with Crippen molar-refractivity contribution in [3.05, 3.63) is 35.9 Å². The zero-order chi connectivity index (χ0) is 13.1. The van der Waals surface area contributed by atoms with Crippen LogP contribution in [0.1, 0.15) is 37.4 Å². The lowest BCUT2D eigenvalue weighted by atomic mass is 9.99. The minimum absolute atomic E-state index is 0.0919. The summed E-state index contributed by atoms with van der Waals surface area (Å²) in [6.07, 6.45) is 4.55. The fraction of sp³-hybridized carbons (Fsp3) is 0.625. The SMILES string of the molecule is OC(CN1CCOC2(CCCC2)C1)c1ccccc1. The Morgan fingerprint density at radius 2 is 1.95 bits per heavy atom. The second-order valence-corrected chi connectivity index (χ2v) is 5.90. The number of β-amino-alcohol motifs (C(OH)–C–C–N with tert-alkyl or cyclic N) is 1. The van der Waals surface area contributed by atoms with Gasteiger partial charge in [-0.2, -0.15) is 0 Å². The van der Waals surface area contributed by atoms with Crippen LogP contribution in [-0.2, 0) is 4.74 Å². The zero-order valence-corrected chi connectivity index (χ0v) is 11.4. The molecule has 3 nitrogen and oxygen atoms in total. The third-order valence-corrected chi connectivity index (χ3v) is 4.46. The lowest BCUT2D eigenvalue weighted by Crippen LogP contribution is -2.51. The largest absolute Gasteiger partial charge is 0.387 e. The summed E-state index contributed by atoms with van der Waals surface area (Å²) in [5, 5.41) is 10.3. The highest BCUT2D eigenvalue weighted by Crippen LogP contribution is 2.36. The van der Waals surface area contributed by atoms with Crippen molar-refractivity contribution in [1.82, 2.24) is 4.90 Å². The summed E-state index contributed by atoms with van der Waals surface area (Å²) in [5.41, 5.74) is 1.10. The standard InChI is InChI=1S/C16H23NO2/c18-15(14-6-2-1-3-7-14)12-17-10-11-19-16(13-17)8-4-5-9-16/h1-3,6-7,15,18H,4-5,8-13H2. The molecule has 1 aliphatic carbocycles. The molecule has 19 heavy (non-hydrogen) atoms. The van der Waals surface area contributed by atoms with Gasteiger partial charge in [0.25, 0.3) is 0 Å². The summed E-state index contributed by atoms with van der Waals surface area (Å²) in [6.45, 7) is 3.44. The molecule has 0 amide bonds. The van der Waals surface area contributed by atoms with Crippen molar-refractivity contribution in [3.63, 3.8) is 0 Å². The summed E-state index contributed by atoms with van der Waals surface area (Å²) in [6, 6.07) is 9.94. The smallest absolute Gasteiger partial charge is 0.0916 e. The van der Waals surface area contributed by atoms with Crippen LogP contribution in [0.4, 0.5) is 0 Å². The maximum Gasteiger partial charge on any atom is 0.0916 e. The molecule has 1 aliphatic heterocycles. The Labute approximate surface area is 115 Å². The van der Waals surface area contributed by atoms with Gasteiger partial charge in [-0.15, -0.1) is 0 Å². The van der Waals surface area contributed by atoms with E-state index in [0.29, 0.717) is 0 Å². The molecule has 0 radical (unpaired) electrons. The molecule has 2 fully saturated rings. The molecular weight excluding hydrogens is 238 g/mol. The molecule has 1 atom stereocenters. The highest BCUT2D eigenvalue weighted by atomic mass is 16.5. The van der Waals surface area contributed by atoms with E-state index in [1.54, 1.807) is 0 Å². The van der Waals surface area contributed by atoms with E-state index in [0.717, 1.165) is 31.8 Å². The molecule has 3 rings (SSSR count). The topological polar surface area (TPSA) is 32.7 Å². The van der Waals surface area contributed by atoms with Gasteiger partial charge in [0.15, 0.2) is 0 Å². The van der Waals surface area contributed by atoms with Gasteiger partial charge in [-0.1, -0.05) is 43.2 Å². The average Bonchev–Trinajstić information content (AvgIpc) is 2.88.